The van der Waals surface area contributed by atoms with Crippen LogP contribution in [0.5, 0.6) is 0 Å². The molecule has 0 spiro atoms. The van der Waals surface area contributed by atoms with Crippen LogP contribution in [0.4, 0.5) is 0 Å². The van der Waals surface area contributed by atoms with Crippen LogP contribution in [0, 0.1) is 0 Å². The Morgan fingerprint density at radius 3 is 1.67 bits per heavy atom. The standard InChI is InChI=1S/C29H20N2O2/c32-27(20-11-21-7-3-1-4-8-21)24-16-12-22(13-17-24)23-14-18-26(19-15-23)29-31-30-28(33-29)25-9-5-2-6-10-25/h1-20H/b20-11+. The molecule has 5 rings (SSSR count). The van der Waals surface area contributed by atoms with Gasteiger partial charge in [-0.2, -0.15) is 0 Å². The molecular formula is C29H20N2O2. The number of carbonyl (C=O) groups excluding carboxylic acids is 1. The van der Waals surface area contributed by atoms with E-state index in [0.717, 1.165) is 27.8 Å². The third-order valence-electron chi connectivity index (χ3n) is 5.31. The van der Waals surface area contributed by atoms with Gasteiger partial charge in [0.25, 0.3) is 0 Å². The maximum absolute atomic E-state index is 12.5. The normalized spacial score (nSPS) is 11.0. The Kier molecular flexibility index (Phi) is 5.72. The fourth-order valence-electron chi connectivity index (χ4n) is 3.50. The molecule has 0 saturated heterocycles. The number of carbonyl (C=O) groups is 1. The number of aromatic nitrogens is 2. The summed E-state index contributed by atoms with van der Waals surface area (Å²) in [6.07, 6.45) is 3.43. The van der Waals surface area contributed by atoms with Gasteiger partial charge >= 0.3 is 0 Å². The van der Waals surface area contributed by atoms with Crippen molar-refractivity contribution in [2.45, 2.75) is 0 Å². The summed E-state index contributed by atoms with van der Waals surface area (Å²) in [6, 6.07) is 35.0. The summed E-state index contributed by atoms with van der Waals surface area (Å²) in [5.74, 6) is 0.953. The Balaban J connectivity index is 1.29. The Labute approximate surface area is 191 Å². The zero-order valence-corrected chi connectivity index (χ0v) is 17.8. The highest BCUT2D eigenvalue weighted by Gasteiger charge is 2.10. The summed E-state index contributed by atoms with van der Waals surface area (Å²) < 4.78 is 5.83. The van der Waals surface area contributed by atoms with Gasteiger partial charge in [0.05, 0.1) is 0 Å². The summed E-state index contributed by atoms with van der Waals surface area (Å²) in [6.45, 7) is 0. The molecule has 4 aromatic carbocycles. The highest BCUT2D eigenvalue weighted by molar-refractivity contribution is 6.07. The minimum atomic E-state index is -0.0219. The van der Waals surface area contributed by atoms with Gasteiger partial charge in [-0.05, 0) is 47.0 Å². The molecule has 0 bridgehead atoms. The van der Waals surface area contributed by atoms with Crippen molar-refractivity contribution in [1.82, 2.24) is 10.2 Å². The molecule has 1 heterocycles. The summed E-state index contributed by atoms with van der Waals surface area (Å²) in [4.78, 5) is 12.5. The highest BCUT2D eigenvalue weighted by atomic mass is 16.4. The lowest BCUT2D eigenvalue weighted by Gasteiger charge is -2.04. The molecule has 0 saturated carbocycles. The smallest absolute Gasteiger partial charge is 0.248 e. The molecule has 0 aliphatic rings. The second kappa shape index (κ2) is 9.28. The van der Waals surface area contributed by atoms with Gasteiger partial charge < -0.3 is 4.42 Å². The van der Waals surface area contributed by atoms with Crippen molar-refractivity contribution >= 4 is 11.9 Å². The molecule has 0 amide bonds. The molecule has 4 heteroatoms. The number of hydrogen-bond acceptors (Lipinski definition) is 4. The summed E-state index contributed by atoms with van der Waals surface area (Å²) in [5, 5.41) is 8.32. The third-order valence-corrected chi connectivity index (χ3v) is 5.31. The van der Waals surface area contributed by atoms with Crippen LogP contribution in [0.15, 0.2) is 120 Å². The first-order chi connectivity index (χ1) is 16.3. The second-order valence-electron chi connectivity index (χ2n) is 7.54. The van der Waals surface area contributed by atoms with E-state index in [9.17, 15) is 4.79 Å². The largest absolute Gasteiger partial charge is 0.416 e. The van der Waals surface area contributed by atoms with E-state index < -0.39 is 0 Å². The van der Waals surface area contributed by atoms with Crippen molar-refractivity contribution in [2.24, 2.45) is 0 Å². The Morgan fingerprint density at radius 2 is 1.06 bits per heavy atom. The van der Waals surface area contributed by atoms with Gasteiger partial charge in [-0.1, -0.05) is 91.0 Å². The van der Waals surface area contributed by atoms with E-state index in [4.69, 9.17) is 4.42 Å². The minimum absolute atomic E-state index is 0.0219. The Bertz CT molecular complexity index is 1390. The third kappa shape index (κ3) is 4.70. The Morgan fingerprint density at radius 1 is 0.576 bits per heavy atom. The maximum atomic E-state index is 12.5. The topological polar surface area (TPSA) is 56.0 Å². The molecule has 0 N–H and O–H groups in total. The van der Waals surface area contributed by atoms with Crippen molar-refractivity contribution in [1.29, 1.82) is 0 Å². The van der Waals surface area contributed by atoms with Crippen molar-refractivity contribution in [2.75, 3.05) is 0 Å². The van der Waals surface area contributed by atoms with Crippen molar-refractivity contribution in [3.63, 3.8) is 0 Å². The molecule has 1 aromatic heterocycles. The number of nitrogens with zero attached hydrogens (tertiary/aromatic N) is 2. The van der Waals surface area contributed by atoms with Crippen molar-refractivity contribution in [3.8, 4) is 34.0 Å². The SMILES string of the molecule is O=C(/C=C/c1ccccc1)c1ccc(-c2ccc(-c3nnc(-c4ccccc4)o3)cc2)cc1. The van der Waals surface area contributed by atoms with Crippen LogP contribution in [-0.4, -0.2) is 16.0 Å². The van der Waals surface area contributed by atoms with Gasteiger partial charge in [-0.25, -0.2) is 0 Å². The number of rotatable bonds is 6. The lowest BCUT2D eigenvalue weighted by atomic mass is 10.0. The van der Waals surface area contributed by atoms with E-state index in [2.05, 4.69) is 10.2 Å². The molecule has 0 atom stereocenters. The first-order valence-corrected chi connectivity index (χ1v) is 10.6. The molecule has 0 aliphatic carbocycles. The Hall–Kier alpha value is -4.57. The molecule has 0 unspecified atom stereocenters. The number of ketones is 1. The molecule has 0 fully saturated rings. The average Bonchev–Trinajstić information content (AvgIpc) is 3.39. The summed E-state index contributed by atoms with van der Waals surface area (Å²) >= 11 is 0. The van der Waals surface area contributed by atoms with Crippen molar-refractivity contribution < 1.29 is 9.21 Å². The van der Waals surface area contributed by atoms with Crippen molar-refractivity contribution in [3.05, 3.63) is 126 Å². The number of hydrogen-bond donors (Lipinski definition) is 0. The van der Waals surface area contributed by atoms with E-state index >= 15 is 0 Å². The van der Waals surface area contributed by atoms with E-state index in [0.29, 0.717) is 17.3 Å². The zero-order chi connectivity index (χ0) is 22.5. The number of allylic oxidation sites excluding steroid dienone is 1. The predicted molar refractivity (Wildman–Crippen MR) is 130 cm³/mol. The van der Waals surface area contributed by atoms with Gasteiger partial charge in [-0.3, -0.25) is 4.79 Å². The van der Waals surface area contributed by atoms with Gasteiger partial charge in [0.1, 0.15) is 0 Å². The van der Waals surface area contributed by atoms with Crippen LogP contribution < -0.4 is 0 Å². The first-order valence-electron chi connectivity index (χ1n) is 10.6. The lowest BCUT2D eigenvalue weighted by Crippen LogP contribution is -1.93. The average molecular weight is 428 g/mol. The van der Waals surface area contributed by atoms with Crippen LogP contribution in [0.3, 0.4) is 0 Å². The molecule has 4 nitrogen and oxygen atoms in total. The zero-order valence-electron chi connectivity index (χ0n) is 17.8. The quantitative estimate of drug-likeness (QED) is 0.216. The van der Waals surface area contributed by atoms with E-state index in [-0.39, 0.29) is 5.78 Å². The summed E-state index contributed by atoms with van der Waals surface area (Å²) in [5.41, 5.74) is 5.47. The monoisotopic (exact) mass is 428 g/mol. The van der Waals surface area contributed by atoms with Crippen LogP contribution in [0.25, 0.3) is 40.1 Å². The minimum Gasteiger partial charge on any atom is -0.416 e. The van der Waals surface area contributed by atoms with Crippen LogP contribution in [0.2, 0.25) is 0 Å². The van der Waals surface area contributed by atoms with Gasteiger partial charge in [-0.15, -0.1) is 10.2 Å². The van der Waals surface area contributed by atoms with Gasteiger partial charge in [0, 0.05) is 16.7 Å². The first kappa shape index (κ1) is 20.3. The van der Waals surface area contributed by atoms with E-state index in [1.54, 1.807) is 6.08 Å². The van der Waals surface area contributed by atoms with E-state index in [1.807, 2.05) is 115 Å². The second-order valence-corrected chi connectivity index (χ2v) is 7.54. The predicted octanol–water partition coefficient (Wildman–Crippen LogP) is 6.97. The summed E-state index contributed by atoms with van der Waals surface area (Å²) in [7, 11) is 0. The molecule has 158 valence electrons. The fourth-order valence-corrected chi connectivity index (χ4v) is 3.50. The van der Waals surface area contributed by atoms with Crippen LogP contribution in [0.1, 0.15) is 15.9 Å². The maximum Gasteiger partial charge on any atom is 0.248 e. The molecule has 33 heavy (non-hydrogen) atoms. The van der Waals surface area contributed by atoms with Gasteiger partial charge in [0.15, 0.2) is 5.78 Å². The fraction of sp³-hybridized carbons (Fsp3) is 0. The molecule has 0 radical (unpaired) electrons. The van der Waals surface area contributed by atoms with Crippen LogP contribution in [-0.2, 0) is 0 Å². The lowest BCUT2D eigenvalue weighted by molar-refractivity contribution is 0.104. The van der Waals surface area contributed by atoms with Gasteiger partial charge in [0.2, 0.25) is 11.8 Å². The molecule has 0 aliphatic heterocycles. The highest BCUT2D eigenvalue weighted by Crippen LogP contribution is 2.27. The van der Waals surface area contributed by atoms with Crippen LogP contribution >= 0.6 is 0 Å². The molecular weight excluding hydrogens is 408 g/mol. The number of benzene rings is 4. The molecule has 5 aromatic rings. The van der Waals surface area contributed by atoms with E-state index in [1.165, 1.54) is 0 Å².